The molecule has 0 aliphatic heterocycles. The van der Waals surface area contributed by atoms with Crippen LogP contribution in [-0.4, -0.2) is 48.9 Å². The molecule has 0 bridgehead atoms. The first-order valence-corrected chi connectivity index (χ1v) is 5.96. The lowest BCUT2D eigenvalue weighted by molar-refractivity contribution is -0.385. The second-order valence-corrected chi connectivity index (χ2v) is 3.70. The van der Waals surface area contributed by atoms with E-state index in [1.807, 2.05) is 0 Å². The highest BCUT2D eigenvalue weighted by Gasteiger charge is 2.14. The van der Waals surface area contributed by atoms with Gasteiger partial charge in [0.05, 0.1) is 24.7 Å². The van der Waals surface area contributed by atoms with Crippen LogP contribution in [0.15, 0.2) is 24.3 Å². The molecule has 0 aliphatic carbocycles. The van der Waals surface area contributed by atoms with Crippen LogP contribution in [0.25, 0.3) is 0 Å². The number of benzene rings is 1. The van der Waals surface area contributed by atoms with Crippen molar-refractivity contribution in [2.45, 2.75) is 0 Å². The third-order valence-electron chi connectivity index (χ3n) is 2.22. The van der Waals surface area contributed by atoms with Crippen molar-refractivity contribution in [2.75, 3.05) is 33.0 Å². The quantitative estimate of drug-likeness (QED) is 0.378. The van der Waals surface area contributed by atoms with Crippen LogP contribution in [0.5, 0.6) is 5.75 Å². The van der Waals surface area contributed by atoms with Crippen molar-refractivity contribution in [1.82, 2.24) is 5.32 Å². The molecule has 0 saturated heterocycles. The number of hydrogen-bond donors (Lipinski definition) is 2. The van der Waals surface area contributed by atoms with E-state index >= 15 is 0 Å². The fourth-order valence-electron chi connectivity index (χ4n) is 1.35. The van der Waals surface area contributed by atoms with E-state index in [1.165, 1.54) is 18.2 Å². The number of ether oxygens (including phenoxy) is 2. The molecule has 0 aromatic heterocycles. The van der Waals surface area contributed by atoms with Gasteiger partial charge < -0.3 is 19.9 Å². The number of carbonyl (C=O) groups is 1. The number of amides is 1. The number of carbonyl (C=O) groups excluding carboxylic acids is 1. The summed E-state index contributed by atoms with van der Waals surface area (Å²) in [4.78, 5) is 21.6. The Bertz CT molecular complexity index is 451. The topological polar surface area (TPSA) is 111 Å². The van der Waals surface area contributed by atoms with Gasteiger partial charge in [-0.15, -0.1) is 0 Å². The Morgan fingerprint density at radius 2 is 2.10 bits per heavy atom. The van der Waals surface area contributed by atoms with E-state index in [1.54, 1.807) is 6.07 Å². The molecule has 1 aromatic carbocycles. The molecule has 0 unspecified atom stereocenters. The summed E-state index contributed by atoms with van der Waals surface area (Å²) in [6, 6.07) is 5.83. The molecule has 0 saturated carbocycles. The van der Waals surface area contributed by atoms with Gasteiger partial charge >= 0.3 is 5.69 Å². The van der Waals surface area contributed by atoms with Gasteiger partial charge in [-0.2, -0.15) is 0 Å². The Hall–Kier alpha value is -2.19. The van der Waals surface area contributed by atoms with Crippen LogP contribution in [-0.2, 0) is 9.53 Å². The van der Waals surface area contributed by atoms with Crippen LogP contribution in [0.3, 0.4) is 0 Å². The first-order valence-electron chi connectivity index (χ1n) is 5.96. The molecule has 0 heterocycles. The third-order valence-corrected chi connectivity index (χ3v) is 2.22. The lowest BCUT2D eigenvalue weighted by atomic mass is 10.3. The van der Waals surface area contributed by atoms with Gasteiger partial charge in [0.15, 0.2) is 12.4 Å². The number of nitro groups is 1. The molecule has 1 aromatic rings. The van der Waals surface area contributed by atoms with Crippen molar-refractivity contribution < 1.29 is 24.3 Å². The predicted molar refractivity (Wildman–Crippen MR) is 69.5 cm³/mol. The first kappa shape index (κ1) is 15.9. The van der Waals surface area contributed by atoms with E-state index in [9.17, 15) is 14.9 Å². The maximum absolute atomic E-state index is 11.4. The average Bonchev–Trinajstić information content (AvgIpc) is 2.45. The molecule has 20 heavy (non-hydrogen) atoms. The molecular weight excluding hydrogens is 268 g/mol. The number of hydrogen-bond acceptors (Lipinski definition) is 6. The number of aliphatic hydroxyl groups is 1. The summed E-state index contributed by atoms with van der Waals surface area (Å²) in [5, 5.41) is 21.7. The molecule has 0 spiro atoms. The Balaban J connectivity index is 2.32. The van der Waals surface area contributed by atoms with Crippen LogP contribution in [0.1, 0.15) is 0 Å². The van der Waals surface area contributed by atoms with E-state index < -0.39 is 10.8 Å². The van der Waals surface area contributed by atoms with Gasteiger partial charge in [0.2, 0.25) is 0 Å². The van der Waals surface area contributed by atoms with Crippen molar-refractivity contribution in [3.05, 3.63) is 34.4 Å². The van der Waals surface area contributed by atoms with Crippen LogP contribution in [0.4, 0.5) is 5.69 Å². The van der Waals surface area contributed by atoms with E-state index in [0.717, 1.165) is 0 Å². The summed E-state index contributed by atoms with van der Waals surface area (Å²) in [5.74, 6) is -0.361. The Kier molecular flexibility index (Phi) is 7.01. The van der Waals surface area contributed by atoms with Crippen LogP contribution < -0.4 is 10.1 Å². The molecule has 8 heteroatoms. The molecule has 2 N–H and O–H groups in total. The van der Waals surface area contributed by atoms with E-state index in [2.05, 4.69) is 5.32 Å². The first-order chi connectivity index (χ1) is 9.65. The Labute approximate surface area is 115 Å². The molecule has 1 amide bonds. The molecule has 0 radical (unpaired) electrons. The molecular formula is C12H16N2O6. The standard InChI is InChI=1S/C12H16N2O6/c15-6-8-19-7-5-13-12(16)9-20-11-4-2-1-3-10(11)14(17)18/h1-4,15H,5-9H2,(H,13,16). The van der Waals surface area contributed by atoms with E-state index in [0.29, 0.717) is 0 Å². The molecule has 0 atom stereocenters. The van der Waals surface area contributed by atoms with Gasteiger partial charge in [0, 0.05) is 12.6 Å². The minimum Gasteiger partial charge on any atom is -0.477 e. The fourth-order valence-corrected chi connectivity index (χ4v) is 1.35. The fraction of sp³-hybridized carbons (Fsp3) is 0.417. The summed E-state index contributed by atoms with van der Waals surface area (Å²) in [7, 11) is 0. The highest BCUT2D eigenvalue weighted by Crippen LogP contribution is 2.25. The van der Waals surface area contributed by atoms with Gasteiger partial charge in [0.25, 0.3) is 5.91 Å². The van der Waals surface area contributed by atoms with Crippen molar-refractivity contribution in [1.29, 1.82) is 0 Å². The van der Waals surface area contributed by atoms with Crippen LogP contribution in [0.2, 0.25) is 0 Å². The zero-order valence-electron chi connectivity index (χ0n) is 10.8. The minimum atomic E-state index is -0.573. The average molecular weight is 284 g/mol. The maximum Gasteiger partial charge on any atom is 0.310 e. The van der Waals surface area contributed by atoms with Crippen molar-refractivity contribution in [2.24, 2.45) is 0 Å². The monoisotopic (exact) mass is 284 g/mol. The third kappa shape index (κ3) is 5.63. The molecule has 8 nitrogen and oxygen atoms in total. The number of nitrogens with one attached hydrogen (secondary N) is 1. The van der Waals surface area contributed by atoms with Crippen LogP contribution >= 0.6 is 0 Å². The van der Waals surface area contributed by atoms with Crippen molar-refractivity contribution in [3.63, 3.8) is 0 Å². The largest absolute Gasteiger partial charge is 0.477 e. The molecule has 1 rings (SSSR count). The van der Waals surface area contributed by atoms with Gasteiger partial charge in [-0.3, -0.25) is 14.9 Å². The molecule has 0 aliphatic rings. The summed E-state index contributed by atoms with van der Waals surface area (Å²) < 4.78 is 10.1. The molecule has 0 fully saturated rings. The lowest BCUT2D eigenvalue weighted by Crippen LogP contribution is -2.31. The van der Waals surface area contributed by atoms with Gasteiger partial charge in [-0.1, -0.05) is 12.1 Å². The SMILES string of the molecule is O=C(COc1ccccc1[N+](=O)[O-])NCCOCCO. The number of para-hydroxylation sites is 2. The smallest absolute Gasteiger partial charge is 0.310 e. The van der Waals surface area contributed by atoms with Crippen LogP contribution in [0, 0.1) is 10.1 Å². The lowest BCUT2D eigenvalue weighted by Gasteiger charge is -2.07. The minimum absolute atomic E-state index is 0.0455. The van der Waals surface area contributed by atoms with E-state index in [-0.39, 0.29) is 44.4 Å². The highest BCUT2D eigenvalue weighted by atomic mass is 16.6. The van der Waals surface area contributed by atoms with E-state index in [4.69, 9.17) is 14.6 Å². The van der Waals surface area contributed by atoms with Gasteiger partial charge in [-0.05, 0) is 6.07 Å². The number of rotatable bonds is 9. The zero-order valence-corrected chi connectivity index (χ0v) is 10.8. The number of aliphatic hydroxyl groups excluding tert-OH is 1. The van der Waals surface area contributed by atoms with Crippen molar-refractivity contribution >= 4 is 11.6 Å². The number of nitrogens with zero attached hydrogens (tertiary/aromatic N) is 1. The Morgan fingerprint density at radius 3 is 2.80 bits per heavy atom. The summed E-state index contributed by atoms with van der Waals surface area (Å²) in [6.07, 6.45) is 0. The second-order valence-electron chi connectivity index (χ2n) is 3.70. The zero-order chi connectivity index (χ0) is 14.8. The highest BCUT2D eigenvalue weighted by molar-refractivity contribution is 5.77. The number of nitro benzene ring substituents is 1. The summed E-state index contributed by atoms with van der Waals surface area (Å²) in [6.45, 7) is 0.374. The van der Waals surface area contributed by atoms with Gasteiger partial charge in [-0.25, -0.2) is 0 Å². The second kappa shape index (κ2) is 8.83. The van der Waals surface area contributed by atoms with Gasteiger partial charge in [0.1, 0.15) is 0 Å². The summed E-state index contributed by atoms with van der Waals surface area (Å²) in [5.41, 5.74) is -0.188. The van der Waals surface area contributed by atoms with Crippen molar-refractivity contribution in [3.8, 4) is 5.75 Å². The molecule has 110 valence electrons. The Morgan fingerprint density at radius 1 is 1.35 bits per heavy atom. The maximum atomic E-state index is 11.4. The predicted octanol–water partition coefficient (Wildman–Crippen LogP) is 0.0987. The summed E-state index contributed by atoms with van der Waals surface area (Å²) >= 11 is 0. The normalized spacial score (nSPS) is 10.1.